The van der Waals surface area contributed by atoms with Crippen molar-refractivity contribution in [1.82, 2.24) is 9.97 Å². The Balaban J connectivity index is 2.11. The van der Waals surface area contributed by atoms with Crippen molar-refractivity contribution in [3.63, 3.8) is 0 Å². The van der Waals surface area contributed by atoms with Crippen molar-refractivity contribution in [3.8, 4) is 0 Å². The highest BCUT2D eigenvalue weighted by atomic mass is 32.2. The van der Waals surface area contributed by atoms with Gasteiger partial charge in [-0.1, -0.05) is 0 Å². The Hall–Kier alpha value is -1.46. The first-order valence-electron chi connectivity index (χ1n) is 4.63. The molecular weight excluding hydrogens is 227 g/mol. The van der Waals surface area contributed by atoms with Crippen molar-refractivity contribution in [2.75, 3.05) is 0 Å². The van der Waals surface area contributed by atoms with E-state index in [2.05, 4.69) is 9.97 Å². The normalized spacial score (nSPS) is 10.4. The van der Waals surface area contributed by atoms with Crippen LogP contribution < -0.4 is 0 Å². The number of aromatic nitrogens is 2. The van der Waals surface area contributed by atoms with E-state index >= 15 is 0 Å². The van der Waals surface area contributed by atoms with Gasteiger partial charge < -0.3 is 5.11 Å². The van der Waals surface area contributed by atoms with E-state index in [-0.39, 0.29) is 12.4 Å². The van der Waals surface area contributed by atoms with Crippen LogP contribution in [0.1, 0.15) is 5.56 Å². The largest absolute Gasteiger partial charge is 0.392 e. The molecule has 0 radical (unpaired) electrons. The number of aliphatic hydroxyl groups is 1. The van der Waals surface area contributed by atoms with Crippen LogP contribution in [0.4, 0.5) is 4.39 Å². The molecule has 0 amide bonds. The third kappa shape index (κ3) is 2.77. The summed E-state index contributed by atoms with van der Waals surface area (Å²) in [5.74, 6) is -0.263. The maximum atomic E-state index is 12.7. The minimum absolute atomic E-state index is 0.0680. The fraction of sp³-hybridized carbons (Fsp3) is 0.0909. The van der Waals surface area contributed by atoms with Crippen LogP contribution in [0.15, 0.2) is 46.7 Å². The summed E-state index contributed by atoms with van der Waals surface area (Å²) >= 11 is 1.34. The van der Waals surface area contributed by atoms with Crippen molar-refractivity contribution in [3.05, 3.63) is 48.0 Å². The van der Waals surface area contributed by atoms with Gasteiger partial charge in [0.2, 0.25) is 0 Å². The Morgan fingerprint density at radius 2 is 1.75 bits per heavy atom. The molecule has 2 rings (SSSR count). The van der Waals surface area contributed by atoms with Crippen LogP contribution in [-0.2, 0) is 6.61 Å². The smallest absolute Gasteiger partial charge is 0.192 e. The molecule has 0 aliphatic rings. The predicted octanol–water partition coefficient (Wildman–Crippen LogP) is 2.26. The summed E-state index contributed by atoms with van der Waals surface area (Å²) in [6.45, 7) is -0.0680. The fourth-order valence-corrected chi connectivity index (χ4v) is 1.78. The van der Waals surface area contributed by atoms with Gasteiger partial charge in [0.1, 0.15) is 5.82 Å². The molecule has 1 heterocycles. The monoisotopic (exact) mass is 236 g/mol. The third-order valence-electron chi connectivity index (χ3n) is 1.89. The highest BCUT2D eigenvalue weighted by Crippen LogP contribution is 2.24. The van der Waals surface area contributed by atoms with Crippen molar-refractivity contribution in [1.29, 1.82) is 0 Å². The van der Waals surface area contributed by atoms with Gasteiger partial charge >= 0.3 is 0 Å². The molecular formula is C11H9FN2OS. The van der Waals surface area contributed by atoms with Crippen molar-refractivity contribution in [2.24, 2.45) is 0 Å². The lowest BCUT2D eigenvalue weighted by Crippen LogP contribution is -1.90. The molecule has 2 aromatic rings. The molecule has 1 aromatic carbocycles. The van der Waals surface area contributed by atoms with Crippen molar-refractivity contribution in [2.45, 2.75) is 16.7 Å². The number of hydrogen-bond donors (Lipinski definition) is 1. The van der Waals surface area contributed by atoms with Crippen LogP contribution in [-0.4, -0.2) is 15.1 Å². The number of halogens is 1. The van der Waals surface area contributed by atoms with E-state index in [1.165, 1.54) is 23.9 Å². The van der Waals surface area contributed by atoms with Gasteiger partial charge in [0.05, 0.1) is 6.61 Å². The third-order valence-corrected chi connectivity index (χ3v) is 2.79. The van der Waals surface area contributed by atoms with Gasteiger partial charge in [0.25, 0.3) is 0 Å². The zero-order valence-corrected chi connectivity index (χ0v) is 9.12. The second kappa shape index (κ2) is 5.05. The van der Waals surface area contributed by atoms with Gasteiger partial charge in [-0.25, -0.2) is 14.4 Å². The molecule has 0 bridgehead atoms. The summed E-state index contributed by atoms with van der Waals surface area (Å²) in [4.78, 5) is 9.00. The molecule has 0 unspecified atom stereocenters. The Morgan fingerprint density at radius 3 is 2.31 bits per heavy atom. The van der Waals surface area contributed by atoms with Crippen LogP contribution in [0.5, 0.6) is 0 Å². The summed E-state index contributed by atoms with van der Waals surface area (Å²) in [6, 6.07) is 6.13. The zero-order valence-electron chi connectivity index (χ0n) is 8.30. The van der Waals surface area contributed by atoms with E-state index in [9.17, 15) is 4.39 Å². The lowest BCUT2D eigenvalue weighted by molar-refractivity contribution is 0.280. The molecule has 1 aromatic heterocycles. The van der Waals surface area contributed by atoms with E-state index in [4.69, 9.17) is 5.11 Å². The Bertz CT molecular complexity index is 458. The molecule has 1 N–H and O–H groups in total. The SMILES string of the molecule is OCc1cnc(Sc2ccc(F)cc2)nc1. The molecule has 3 nitrogen and oxygen atoms in total. The average molecular weight is 236 g/mol. The van der Waals surface area contributed by atoms with Gasteiger partial charge in [0, 0.05) is 22.9 Å². The molecule has 0 aliphatic carbocycles. The number of aliphatic hydroxyl groups excluding tert-OH is 1. The summed E-state index contributed by atoms with van der Waals surface area (Å²) in [7, 11) is 0. The summed E-state index contributed by atoms with van der Waals surface area (Å²) in [5.41, 5.74) is 0.670. The van der Waals surface area contributed by atoms with Crippen molar-refractivity contribution >= 4 is 11.8 Å². The number of benzene rings is 1. The Kier molecular flexibility index (Phi) is 3.48. The van der Waals surface area contributed by atoms with Gasteiger partial charge in [-0.05, 0) is 36.0 Å². The molecule has 0 fully saturated rings. The van der Waals surface area contributed by atoms with Crippen molar-refractivity contribution < 1.29 is 9.50 Å². The molecule has 82 valence electrons. The average Bonchev–Trinajstić information content (AvgIpc) is 2.33. The summed E-state index contributed by atoms with van der Waals surface area (Å²) < 4.78 is 12.7. The van der Waals surface area contributed by atoms with Gasteiger partial charge in [-0.15, -0.1) is 0 Å². The quantitative estimate of drug-likeness (QED) is 0.830. The highest BCUT2D eigenvalue weighted by molar-refractivity contribution is 7.99. The van der Waals surface area contributed by atoms with E-state index in [1.54, 1.807) is 24.5 Å². The molecule has 0 atom stereocenters. The molecule has 16 heavy (non-hydrogen) atoms. The first-order valence-corrected chi connectivity index (χ1v) is 5.45. The lowest BCUT2D eigenvalue weighted by Gasteiger charge is -2.00. The fourth-order valence-electron chi connectivity index (χ4n) is 1.09. The zero-order chi connectivity index (χ0) is 11.4. The second-order valence-corrected chi connectivity index (χ2v) is 4.13. The predicted molar refractivity (Wildman–Crippen MR) is 58.5 cm³/mol. The van der Waals surface area contributed by atoms with E-state index in [0.29, 0.717) is 10.7 Å². The molecule has 0 aliphatic heterocycles. The van der Waals surface area contributed by atoms with Gasteiger partial charge in [-0.2, -0.15) is 0 Å². The lowest BCUT2D eigenvalue weighted by atomic mass is 10.4. The highest BCUT2D eigenvalue weighted by Gasteiger charge is 2.00. The standard InChI is InChI=1S/C11H9FN2OS/c12-9-1-3-10(4-2-9)16-11-13-5-8(7-15)6-14-11/h1-6,15H,7H2. The van der Waals surface area contributed by atoms with Crippen LogP contribution >= 0.6 is 11.8 Å². The number of rotatable bonds is 3. The molecule has 0 spiro atoms. The number of hydrogen-bond acceptors (Lipinski definition) is 4. The maximum Gasteiger partial charge on any atom is 0.192 e. The maximum absolute atomic E-state index is 12.7. The minimum Gasteiger partial charge on any atom is -0.392 e. The molecule has 0 saturated carbocycles. The Morgan fingerprint density at radius 1 is 1.12 bits per heavy atom. The first kappa shape index (κ1) is 11.0. The second-order valence-electron chi connectivity index (χ2n) is 3.09. The number of nitrogens with zero attached hydrogens (tertiary/aromatic N) is 2. The van der Waals surface area contributed by atoms with Crippen LogP contribution in [0, 0.1) is 5.82 Å². The van der Waals surface area contributed by atoms with Crippen LogP contribution in [0.2, 0.25) is 0 Å². The van der Waals surface area contributed by atoms with E-state index < -0.39 is 0 Å². The van der Waals surface area contributed by atoms with Gasteiger partial charge in [-0.3, -0.25) is 0 Å². The van der Waals surface area contributed by atoms with Crippen LogP contribution in [0.25, 0.3) is 0 Å². The van der Waals surface area contributed by atoms with Gasteiger partial charge in [0.15, 0.2) is 5.16 Å². The molecule has 5 heteroatoms. The van der Waals surface area contributed by atoms with Crippen LogP contribution in [0.3, 0.4) is 0 Å². The summed E-state index contributed by atoms with van der Waals surface area (Å²) in [6.07, 6.45) is 3.14. The summed E-state index contributed by atoms with van der Waals surface area (Å²) in [5, 5.41) is 9.39. The van der Waals surface area contributed by atoms with E-state index in [1.807, 2.05) is 0 Å². The first-order chi connectivity index (χ1) is 7.78. The van der Waals surface area contributed by atoms with E-state index in [0.717, 1.165) is 4.90 Å². The minimum atomic E-state index is -0.263. The topological polar surface area (TPSA) is 46.0 Å². The Labute approximate surface area is 96.4 Å². The molecule has 0 saturated heterocycles.